The molecule has 1 aliphatic rings. The Balaban J connectivity index is 2.32. The van der Waals surface area contributed by atoms with Gasteiger partial charge in [-0.15, -0.1) is 0 Å². The zero-order valence-electron chi connectivity index (χ0n) is 9.15. The summed E-state index contributed by atoms with van der Waals surface area (Å²) in [6, 6.07) is 0. The molecule has 1 unspecified atom stereocenters. The fraction of sp³-hybridized carbons (Fsp3) is 0.455. The van der Waals surface area contributed by atoms with Gasteiger partial charge in [-0.2, -0.15) is 0 Å². The van der Waals surface area contributed by atoms with E-state index < -0.39 is 17.7 Å². The quantitative estimate of drug-likeness (QED) is 0.407. The van der Waals surface area contributed by atoms with E-state index >= 15 is 0 Å². The molecule has 5 nitrogen and oxygen atoms in total. The first-order valence-electron chi connectivity index (χ1n) is 4.87. The lowest BCUT2D eigenvalue weighted by Crippen LogP contribution is -2.26. The second-order valence-electron chi connectivity index (χ2n) is 3.58. The van der Waals surface area contributed by atoms with Crippen LogP contribution in [0, 0.1) is 0 Å². The number of ether oxygens (including phenoxy) is 3. The fourth-order valence-electron chi connectivity index (χ4n) is 1.30. The van der Waals surface area contributed by atoms with Gasteiger partial charge >= 0.3 is 12.1 Å². The topological polar surface area (TPSA) is 61.8 Å². The Kier molecular flexibility index (Phi) is 3.71. The number of hydrogen-bond acceptors (Lipinski definition) is 5. The predicted molar refractivity (Wildman–Crippen MR) is 55.5 cm³/mol. The Morgan fingerprint density at radius 1 is 1.62 bits per heavy atom. The van der Waals surface area contributed by atoms with Crippen LogP contribution in [0.4, 0.5) is 4.79 Å². The molecule has 0 amide bonds. The molecule has 0 bridgehead atoms. The van der Waals surface area contributed by atoms with Gasteiger partial charge in [0.15, 0.2) is 5.60 Å². The van der Waals surface area contributed by atoms with Crippen LogP contribution in [-0.4, -0.2) is 24.3 Å². The summed E-state index contributed by atoms with van der Waals surface area (Å²) < 4.78 is 14.5. The van der Waals surface area contributed by atoms with E-state index in [9.17, 15) is 9.59 Å². The van der Waals surface area contributed by atoms with Crippen LogP contribution in [-0.2, 0) is 19.0 Å². The molecule has 1 heterocycles. The number of carbonyl (C=O) groups is 2. The lowest BCUT2D eigenvalue weighted by atomic mass is 9.99. The van der Waals surface area contributed by atoms with Crippen molar-refractivity contribution in [3.05, 3.63) is 25.0 Å². The predicted octanol–water partition coefficient (Wildman–Crippen LogP) is 1.93. The summed E-state index contributed by atoms with van der Waals surface area (Å²) in [5, 5.41) is 0. The molecule has 1 saturated heterocycles. The largest absolute Gasteiger partial charge is 0.514 e. The second-order valence-corrected chi connectivity index (χ2v) is 3.58. The molecule has 0 aromatic carbocycles. The summed E-state index contributed by atoms with van der Waals surface area (Å²) in [7, 11) is 0. The van der Waals surface area contributed by atoms with E-state index in [4.69, 9.17) is 14.2 Å². The molecule has 16 heavy (non-hydrogen) atoms. The highest BCUT2D eigenvalue weighted by molar-refractivity contribution is 5.81. The van der Waals surface area contributed by atoms with E-state index in [1.807, 2.05) is 0 Å². The zero-order valence-corrected chi connectivity index (χ0v) is 9.15. The first kappa shape index (κ1) is 12.3. The third-order valence-electron chi connectivity index (χ3n) is 2.31. The third-order valence-corrected chi connectivity index (χ3v) is 2.31. The summed E-state index contributed by atoms with van der Waals surface area (Å²) in [4.78, 5) is 21.6. The Morgan fingerprint density at radius 3 is 2.81 bits per heavy atom. The molecule has 0 aromatic heterocycles. The van der Waals surface area contributed by atoms with Crippen LogP contribution >= 0.6 is 0 Å². The summed E-state index contributed by atoms with van der Waals surface area (Å²) in [6.45, 7) is 8.82. The molecule has 1 rings (SSSR count). The van der Waals surface area contributed by atoms with Gasteiger partial charge in [0.05, 0.1) is 6.61 Å². The van der Waals surface area contributed by atoms with Crippen LogP contribution in [0.2, 0.25) is 0 Å². The van der Waals surface area contributed by atoms with Crippen molar-refractivity contribution in [2.75, 3.05) is 6.61 Å². The van der Waals surface area contributed by atoms with Crippen molar-refractivity contribution >= 4 is 12.1 Å². The summed E-state index contributed by atoms with van der Waals surface area (Å²) >= 11 is 0. The van der Waals surface area contributed by atoms with Crippen molar-refractivity contribution < 1.29 is 23.8 Å². The molecule has 0 N–H and O–H groups in total. The monoisotopic (exact) mass is 226 g/mol. The lowest BCUT2D eigenvalue weighted by Gasteiger charge is -2.19. The summed E-state index contributed by atoms with van der Waals surface area (Å²) in [5.41, 5.74) is -0.822. The van der Waals surface area contributed by atoms with Gasteiger partial charge in [-0.1, -0.05) is 13.2 Å². The van der Waals surface area contributed by atoms with Gasteiger partial charge in [-0.25, -0.2) is 9.59 Å². The molecule has 0 spiro atoms. The molecule has 0 aliphatic carbocycles. The highest BCUT2D eigenvalue weighted by atomic mass is 16.8. The van der Waals surface area contributed by atoms with E-state index in [2.05, 4.69) is 13.2 Å². The van der Waals surface area contributed by atoms with Gasteiger partial charge in [0.1, 0.15) is 5.76 Å². The van der Waals surface area contributed by atoms with E-state index in [-0.39, 0.29) is 12.4 Å². The molecular weight excluding hydrogens is 212 g/mol. The van der Waals surface area contributed by atoms with Crippen LogP contribution < -0.4 is 0 Å². The minimum Gasteiger partial charge on any atom is -0.463 e. The van der Waals surface area contributed by atoms with Crippen molar-refractivity contribution in [2.24, 2.45) is 0 Å². The van der Waals surface area contributed by atoms with Crippen molar-refractivity contribution in [3.63, 3.8) is 0 Å². The highest BCUT2D eigenvalue weighted by Crippen LogP contribution is 2.33. The Hall–Kier alpha value is -1.78. The van der Waals surface area contributed by atoms with Gasteiger partial charge in [-0.05, 0) is 19.8 Å². The summed E-state index contributed by atoms with van der Waals surface area (Å²) in [5.74, 6) is -0.184. The number of rotatable bonds is 5. The Morgan fingerprint density at radius 2 is 2.31 bits per heavy atom. The van der Waals surface area contributed by atoms with Crippen LogP contribution in [0.5, 0.6) is 0 Å². The molecule has 1 atom stereocenters. The average molecular weight is 226 g/mol. The van der Waals surface area contributed by atoms with Gasteiger partial charge in [0.25, 0.3) is 0 Å². The first-order chi connectivity index (χ1) is 7.48. The SMILES string of the molecule is C=CC(=O)OCCCC1(C)OC(=O)OC1=C. The molecule has 0 aromatic rings. The van der Waals surface area contributed by atoms with Gasteiger partial charge in [0, 0.05) is 6.08 Å². The molecule has 5 heteroatoms. The molecule has 0 radical (unpaired) electrons. The van der Waals surface area contributed by atoms with Crippen molar-refractivity contribution in [2.45, 2.75) is 25.4 Å². The molecular formula is C11H14O5. The standard InChI is InChI=1S/C11H14O5/c1-4-9(12)14-7-5-6-11(3)8(2)15-10(13)16-11/h4H,1-2,5-7H2,3H3. The van der Waals surface area contributed by atoms with Crippen molar-refractivity contribution in [1.82, 2.24) is 0 Å². The second kappa shape index (κ2) is 4.83. The number of hydrogen-bond donors (Lipinski definition) is 0. The smallest absolute Gasteiger partial charge is 0.463 e. The maximum atomic E-state index is 10.9. The Labute approximate surface area is 93.7 Å². The van der Waals surface area contributed by atoms with E-state index in [0.29, 0.717) is 12.8 Å². The van der Waals surface area contributed by atoms with Gasteiger partial charge < -0.3 is 14.2 Å². The average Bonchev–Trinajstić information content (AvgIpc) is 2.47. The van der Waals surface area contributed by atoms with Gasteiger partial charge in [-0.3, -0.25) is 0 Å². The maximum absolute atomic E-state index is 10.9. The molecule has 88 valence electrons. The van der Waals surface area contributed by atoms with Crippen molar-refractivity contribution in [3.8, 4) is 0 Å². The minimum absolute atomic E-state index is 0.241. The Bertz CT molecular complexity index is 333. The first-order valence-corrected chi connectivity index (χ1v) is 4.87. The van der Waals surface area contributed by atoms with E-state index in [1.54, 1.807) is 6.92 Å². The van der Waals surface area contributed by atoms with Gasteiger partial charge in [0.2, 0.25) is 0 Å². The number of esters is 1. The molecule has 1 aliphatic heterocycles. The van der Waals surface area contributed by atoms with Crippen LogP contribution in [0.25, 0.3) is 0 Å². The normalized spacial score (nSPS) is 23.6. The van der Waals surface area contributed by atoms with E-state index in [1.165, 1.54) is 0 Å². The van der Waals surface area contributed by atoms with E-state index in [0.717, 1.165) is 6.08 Å². The minimum atomic E-state index is -0.822. The zero-order chi connectivity index (χ0) is 12.2. The number of cyclic esters (lactones) is 2. The molecule has 1 fully saturated rings. The maximum Gasteiger partial charge on any atom is 0.514 e. The summed E-state index contributed by atoms with van der Waals surface area (Å²) in [6.07, 6.45) is 1.39. The number of carbonyl (C=O) groups excluding carboxylic acids is 2. The fourth-order valence-corrected chi connectivity index (χ4v) is 1.30. The highest BCUT2D eigenvalue weighted by Gasteiger charge is 2.41. The van der Waals surface area contributed by atoms with Crippen molar-refractivity contribution in [1.29, 1.82) is 0 Å². The molecule has 0 saturated carbocycles. The van der Waals surface area contributed by atoms with Crippen LogP contribution in [0.1, 0.15) is 19.8 Å². The van der Waals surface area contributed by atoms with Crippen LogP contribution in [0.15, 0.2) is 25.0 Å². The third kappa shape index (κ3) is 2.85. The lowest BCUT2D eigenvalue weighted by molar-refractivity contribution is -0.138. The van der Waals surface area contributed by atoms with Crippen LogP contribution in [0.3, 0.4) is 0 Å².